The third kappa shape index (κ3) is 6.55. The molecule has 2 aromatic rings. The maximum Gasteiger partial charge on any atom is 0.261 e. The van der Waals surface area contributed by atoms with E-state index in [1.54, 1.807) is 7.11 Å². The molecule has 2 aromatic carbocycles. The van der Waals surface area contributed by atoms with Gasteiger partial charge in [0.25, 0.3) is 5.91 Å². The predicted octanol–water partition coefficient (Wildman–Crippen LogP) is 2.23. The summed E-state index contributed by atoms with van der Waals surface area (Å²) in [6.45, 7) is 0.181. The summed E-state index contributed by atoms with van der Waals surface area (Å²) >= 11 is 0. The van der Waals surface area contributed by atoms with E-state index in [-0.39, 0.29) is 12.5 Å². The zero-order chi connectivity index (χ0) is 17.9. The predicted molar refractivity (Wildman–Crippen MR) is 97.2 cm³/mol. The lowest BCUT2D eigenvalue weighted by molar-refractivity contribution is -0.125. The average Bonchev–Trinajstić information content (AvgIpc) is 2.65. The first-order valence-corrected chi connectivity index (χ1v) is 8.06. The van der Waals surface area contributed by atoms with Crippen LogP contribution in [0.3, 0.4) is 0 Å². The normalized spacial score (nSPS) is 11.0. The Bertz CT molecular complexity index is 702. The molecule has 0 aromatic heterocycles. The number of amidine groups is 1. The van der Waals surface area contributed by atoms with Crippen molar-refractivity contribution in [2.45, 2.75) is 19.4 Å². The molecule has 0 fully saturated rings. The number of aryl methyl sites for hydroxylation is 1. The van der Waals surface area contributed by atoms with Crippen molar-refractivity contribution < 1.29 is 14.4 Å². The molecule has 0 saturated carbocycles. The molecule has 3 N–H and O–H groups in total. The lowest BCUT2D eigenvalue weighted by Crippen LogP contribution is -2.27. The Balaban J connectivity index is 1.69. The molecule has 0 bridgehead atoms. The summed E-state index contributed by atoms with van der Waals surface area (Å²) in [4.78, 5) is 16.8. The number of oxime groups is 1. The van der Waals surface area contributed by atoms with Gasteiger partial charge in [0.15, 0.2) is 6.61 Å². The summed E-state index contributed by atoms with van der Waals surface area (Å²) < 4.78 is 5.23. The molecule has 0 saturated heterocycles. The van der Waals surface area contributed by atoms with Crippen molar-refractivity contribution in [2.24, 2.45) is 10.9 Å². The number of ether oxygens (including phenoxy) is 1. The molecule has 0 aliphatic carbocycles. The highest BCUT2D eigenvalue weighted by Gasteiger charge is 2.05. The first-order chi connectivity index (χ1) is 12.2. The smallest absolute Gasteiger partial charge is 0.261 e. The van der Waals surface area contributed by atoms with Crippen molar-refractivity contribution in [2.75, 3.05) is 13.7 Å². The van der Waals surface area contributed by atoms with Gasteiger partial charge in [-0.05, 0) is 18.1 Å². The summed E-state index contributed by atoms with van der Waals surface area (Å²) in [5.74, 6) is 0.818. The van der Waals surface area contributed by atoms with Crippen molar-refractivity contribution in [3.05, 3.63) is 65.7 Å². The summed E-state index contributed by atoms with van der Waals surface area (Å²) in [7, 11) is 1.59. The maximum absolute atomic E-state index is 11.8. The molecular weight excluding hydrogens is 318 g/mol. The summed E-state index contributed by atoms with van der Waals surface area (Å²) in [5, 5.41) is 6.53. The van der Waals surface area contributed by atoms with E-state index in [2.05, 4.69) is 10.5 Å². The average molecular weight is 341 g/mol. The summed E-state index contributed by atoms with van der Waals surface area (Å²) in [5.41, 5.74) is 7.86. The zero-order valence-corrected chi connectivity index (χ0v) is 14.3. The van der Waals surface area contributed by atoms with Crippen LogP contribution < -0.4 is 15.8 Å². The number of nitrogens with two attached hydrogens (primary N) is 1. The van der Waals surface area contributed by atoms with Crippen molar-refractivity contribution in [1.29, 1.82) is 0 Å². The molecule has 0 radical (unpaired) electrons. The fourth-order valence-corrected chi connectivity index (χ4v) is 2.23. The van der Waals surface area contributed by atoms with Gasteiger partial charge in [0.05, 0.1) is 7.11 Å². The highest BCUT2D eigenvalue weighted by atomic mass is 16.6. The van der Waals surface area contributed by atoms with Gasteiger partial charge in [0.2, 0.25) is 0 Å². The van der Waals surface area contributed by atoms with Gasteiger partial charge in [-0.25, -0.2) is 0 Å². The van der Waals surface area contributed by atoms with Gasteiger partial charge in [-0.1, -0.05) is 53.7 Å². The Morgan fingerprint density at radius 2 is 1.84 bits per heavy atom. The van der Waals surface area contributed by atoms with Crippen LogP contribution in [0.25, 0.3) is 0 Å². The summed E-state index contributed by atoms with van der Waals surface area (Å²) in [6.07, 6.45) is 1.35. The monoisotopic (exact) mass is 341 g/mol. The number of benzene rings is 2. The number of nitrogens with zero attached hydrogens (tertiary/aromatic N) is 1. The Morgan fingerprint density at radius 1 is 1.12 bits per heavy atom. The molecule has 0 aliphatic rings. The van der Waals surface area contributed by atoms with Crippen LogP contribution in [0, 0.1) is 0 Å². The van der Waals surface area contributed by atoms with E-state index in [0.717, 1.165) is 17.7 Å². The Morgan fingerprint density at radius 3 is 2.60 bits per heavy atom. The number of hydrogen-bond donors (Lipinski definition) is 2. The van der Waals surface area contributed by atoms with E-state index in [1.807, 2.05) is 54.6 Å². The van der Waals surface area contributed by atoms with Crippen molar-refractivity contribution in [3.63, 3.8) is 0 Å². The van der Waals surface area contributed by atoms with Crippen molar-refractivity contribution in [3.8, 4) is 5.75 Å². The van der Waals surface area contributed by atoms with E-state index >= 15 is 0 Å². The third-order valence-corrected chi connectivity index (χ3v) is 3.56. The second-order valence-electron chi connectivity index (χ2n) is 5.43. The van der Waals surface area contributed by atoms with Gasteiger partial charge in [-0.3, -0.25) is 4.79 Å². The standard InChI is InChI=1S/C19H23N3O3/c1-24-17-10-6-5-9-16(17)13-21-19(23)14-25-22-18(20)12-11-15-7-3-2-4-8-15/h2-10H,11-14H2,1H3,(H2,20,22)(H,21,23). The Hall–Kier alpha value is -3.02. The Labute approximate surface area is 147 Å². The highest BCUT2D eigenvalue weighted by molar-refractivity contribution is 5.80. The number of nitrogens with one attached hydrogen (secondary N) is 1. The molecule has 6 heteroatoms. The van der Waals surface area contributed by atoms with Crippen LogP contribution in [0.4, 0.5) is 0 Å². The number of para-hydroxylation sites is 1. The minimum Gasteiger partial charge on any atom is -0.496 e. The van der Waals surface area contributed by atoms with E-state index in [0.29, 0.717) is 18.8 Å². The lowest BCUT2D eigenvalue weighted by Gasteiger charge is -2.09. The van der Waals surface area contributed by atoms with Crippen LogP contribution in [0.2, 0.25) is 0 Å². The molecule has 0 aliphatic heterocycles. The first-order valence-electron chi connectivity index (χ1n) is 8.06. The second kappa shape index (κ2) is 9.97. The minimum absolute atomic E-state index is 0.179. The van der Waals surface area contributed by atoms with Gasteiger partial charge in [-0.2, -0.15) is 0 Å². The molecule has 0 unspecified atom stereocenters. The first kappa shape index (κ1) is 18.3. The van der Waals surface area contributed by atoms with Gasteiger partial charge >= 0.3 is 0 Å². The SMILES string of the molecule is COc1ccccc1CNC(=O)CO/N=C(\N)CCc1ccccc1. The number of rotatable bonds is 9. The molecule has 2 rings (SSSR count). The van der Waals surface area contributed by atoms with Crippen LogP contribution in [0.1, 0.15) is 17.5 Å². The van der Waals surface area contributed by atoms with Crippen molar-refractivity contribution in [1.82, 2.24) is 5.32 Å². The van der Waals surface area contributed by atoms with Crippen molar-refractivity contribution >= 4 is 11.7 Å². The second-order valence-corrected chi connectivity index (χ2v) is 5.43. The van der Waals surface area contributed by atoms with Crippen LogP contribution >= 0.6 is 0 Å². The molecule has 0 atom stereocenters. The zero-order valence-electron chi connectivity index (χ0n) is 14.3. The van der Waals surface area contributed by atoms with Gasteiger partial charge in [0.1, 0.15) is 11.6 Å². The molecule has 0 heterocycles. The lowest BCUT2D eigenvalue weighted by atomic mass is 10.1. The summed E-state index contributed by atoms with van der Waals surface area (Å²) in [6, 6.07) is 17.5. The molecule has 1 amide bonds. The number of carbonyl (C=O) groups is 1. The quantitative estimate of drug-likeness (QED) is 0.416. The van der Waals surface area contributed by atoms with Crippen LogP contribution in [0.15, 0.2) is 59.8 Å². The fourth-order valence-electron chi connectivity index (χ4n) is 2.23. The maximum atomic E-state index is 11.8. The third-order valence-electron chi connectivity index (χ3n) is 3.56. The van der Waals surface area contributed by atoms with E-state index in [4.69, 9.17) is 15.3 Å². The van der Waals surface area contributed by atoms with E-state index in [1.165, 1.54) is 5.56 Å². The van der Waals surface area contributed by atoms with Gasteiger partial charge in [0, 0.05) is 18.5 Å². The van der Waals surface area contributed by atoms with E-state index < -0.39 is 0 Å². The molecule has 132 valence electrons. The molecule has 6 nitrogen and oxygen atoms in total. The molecule has 25 heavy (non-hydrogen) atoms. The number of hydrogen-bond acceptors (Lipinski definition) is 4. The topological polar surface area (TPSA) is 85.9 Å². The van der Waals surface area contributed by atoms with Gasteiger partial charge < -0.3 is 20.6 Å². The molecular formula is C19H23N3O3. The molecule has 0 spiro atoms. The fraction of sp³-hybridized carbons (Fsp3) is 0.263. The highest BCUT2D eigenvalue weighted by Crippen LogP contribution is 2.16. The van der Waals surface area contributed by atoms with E-state index in [9.17, 15) is 4.79 Å². The van der Waals surface area contributed by atoms with Crippen LogP contribution in [-0.4, -0.2) is 25.5 Å². The van der Waals surface area contributed by atoms with Gasteiger partial charge in [-0.15, -0.1) is 0 Å². The number of carbonyl (C=O) groups excluding carboxylic acids is 1. The van der Waals surface area contributed by atoms with Crippen LogP contribution in [0.5, 0.6) is 5.75 Å². The Kier molecular flexibility index (Phi) is 7.31. The largest absolute Gasteiger partial charge is 0.496 e. The minimum atomic E-state index is -0.273. The number of amides is 1. The number of methoxy groups -OCH3 is 1. The van der Waals surface area contributed by atoms with Crippen LogP contribution in [-0.2, 0) is 22.6 Å².